The first-order valence-corrected chi connectivity index (χ1v) is 6.86. The van der Waals surface area contributed by atoms with Crippen LogP contribution < -0.4 is 5.32 Å². The van der Waals surface area contributed by atoms with Crippen molar-refractivity contribution in [1.29, 1.82) is 0 Å². The van der Waals surface area contributed by atoms with Crippen molar-refractivity contribution in [2.24, 2.45) is 10.9 Å². The number of nitrogens with one attached hydrogen (secondary N) is 1. The summed E-state index contributed by atoms with van der Waals surface area (Å²) in [5.41, 5.74) is -0.117. The van der Waals surface area contributed by atoms with Gasteiger partial charge in [0, 0.05) is 5.25 Å². The molecule has 1 aromatic carbocycles. The molecule has 0 amide bonds. The maximum Gasteiger partial charge on any atom is 0.161 e. The highest BCUT2D eigenvalue weighted by Crippen LogP contribution is 2.28. The van der Waals surface area contributed by atoms with Crippen LogP contribution in [0.5, 0.6) is 0 Å². The van der Waals surface area contributed by atoms with E-state index in [1.54, 1.807) is 11.8 Å². The van der Waals surface area contributed by atoms with Gasteiger partial charge in [0.1, 0.15) is 17.3 Å². The van der Waals surface area contributed by atoms with E-state index in [0.29, 0.717) is 22.9 Å². The van der Waals surface area contributed by atoms with Crippen LogP contribution in [0.1, 0.15) is 20.3 Å². The molecule has 1 heterocycles. The molecule has 2 nitrogen and oxygen atoms in total. The molecule has 2 rings (SSSR count). The molecule has 0 bridgehead atoms. The zero-order valence-corrected chi connectivity index (χ0v) is 11.2. The van der Waals surface area contributed by atoms with Gasteiger partial charge in [-0.05, 0) is 24.5 Å². The van der Waals surface area contributed by atoms with Gasteiger partial charge in [-0.15, -0.1) is 0 Å². The summed E-state index contributed by atoms with van der Waals surface area (Å²) in [4.78, 5) is 4.28. The summed E-state index contributed by atoms with van der Waals surface area (Å²) in [6.07, 6.45) is 1.05. The molecule has 0 saturated carbocycles. The van der Waals surface area contributed by atoms with Crippen LogP contribution in [0.15, 0.2) is 23.2 Å². The van der Waals surface area contributed by atoms with Gasteiger partial charge in [-0.25, -0.2) is 8.78 Å². The minimum absolute atomic E-state index is 0.117. The van der Waals surface area contributed by atoms with Crippen molar-refractivity contribution in [3.63, 3.8) is 0 Å². The lowest BCUT2D eigenvalue weighted by molar-refractivity contribution is 0.575. The van der Waals surface area contributed by atoms with Crippen LogP contribution in [0.25, 0.3) is 0 Å². The molecule has 0 saturated heterocycles. The van der Waals surface area contributed by atoms with Crippen LogP contribution in [-0.2, 0) is 0 Å². The van der Waals surface area contributed by atoms with E-state index < -0.39 is 11.6 Å². The number of rotatable bonds is 3. The molecule has 0 radical (unpaired) electrons. The average Bonchev–Trinajstić information content (AvgIpc) is 2.70. The third kappa shape index (κ3) is 3.22. The van der Waals surface area contributed by atoms with Gasteiger partial charge in [0.05, 0.1) is 6.54 Å². The standard InChI is InChI=1S/C13H16F2N2S/c1-8(2)6-9-7-16-13(18-9)17-12-10(14)4-3-5-11(12)15/h3-5,8-9H,6-7H2,1-2H3,(H,16,17). The molecule has 0 aromatic heterocycles. The smallest absolute Gasteiger partial charge is 0.161 e. The van der Waals surface area contributed by atoms with E-state index in [1.165, 1.54) is 18.2 Å². The first kappa shape index (κ1) is 13.3. The lowest BCUT2D eigenvalue weighted by atomic mass is 10.1. The Balaban J connectivity index is 1.99. The lowest BCUT2D eigenvalue weighted by Gasteiger charge is -2.11. The topological polar surface area (TPSA) is 24.4 Å². The number of anilines is 1. The molecule has 18 heavy (non-hydrogen) atoms. The zero-order valence-electron chi connectivity index (χ0n) is 10.4. The number of para-hydroxylation sites is 1. The quantitative estimate of drug-likeness (QED) is 0.901. The number of halogens is 2. The Morgan fingerprint density at radius 3 is 2.67 bits per heavy atom. The number of hydrogen-bond donors (Lipinski definition) is 1. The van der Waals surface area contributed by atoms with Crippen LogP contribution >= 0.6 is 11.8 Å². The number of amidine groups is 1. The molecule has 1 aliphatic rings. The van der Waals surface area contributed by atoms with Crippen molar-refractivity contribution in [1.82, 2.24) is 0 Å². The largest absolute Gasteiger partial charge is 0.330 e. The monoisotopic (exact) mass is 270 g/mol. The minimum Gasteiger partial charge on any atom is -0.330 e. The van der Waals surface area contributed by atoms with Gasteiger partial charge in [0.25, 0.3) is 0 Å². The van der Waals surface area contributed by atoms with Crippen molar-refractivity contribution in [3.8, 4) is 0 Å². The summed E-state index contributed by atoms with van der Waals surface area (Å²) < 4.78 is 26.9. The van der Waals surface area contributed by atoms with E-state index in [2.05, 4.69) is 24.2 Å². The Morgan fingerprint density at radius 2 is 2.06 bits per heavy atom. The van der Waals surface area contributed by atoms with E-state index in [4.69, 9.17) is 0 Å². The van der Waals surface area contributed by atoms with E-state index in [0.717, 1.165) is 6.42 Å². The van der Waals surface area contributed by atoms with Gasteiger partial charge in [-0.2, -0.15) is 0 Å². The molecule has 1 N–H and O–H groups in total. The fraction of sp³-hybridized carbons (Fsp3) is 0.462. The van der Waals surface area contributed by atoms with E-state index in [-0.39, 0.29) is 5.69 Å². The number of hydrogen-bond acceptors (Lipinski definition) is 3. The van der Waals surface area contributed by atoms with Gasteiger partial charge in [-0.1, -0.05) is 31.7 Å². The van der Waals surface area contributed by atoms with Crippen molar-refractivity contribution in [2.75, 3.05) is 11.9 Å². The minimum atomic E-state index is -0.592. The van der Waals surface area contributed by atoms with E-state index in [9.17, 15) is 8.78 Å². The molecule has 5 heteroatoms. The maximum atomic E-state index is 13.4. The predicted octanol–water partition coefficient (Wildman–Crippen LogP) is 3.89. The van der Waals surface area contributed by atoms with Crippen molar-refractivity contribution >= 4 is 22.6 Å². The molecular formula is C13H16F2N2S. The normalized spacial score (nSPS) is 19.2. The number of benzene rings is 1. The second-order valence-electron chi connectivity index (χ2n) is 4.74. The fourth-order valence-corrected chi connectivity index (χ4v) is 3.11. The van der Waals surface area contributed by atoms with Gasteiger partial charge < -0.3 is 5.32 Å². The first-order chi connectivity index (χ1) is 8.56. The third-order valence-corrected chi connectivity index (χ3v) is 3.78. The summed E-state index contributed by atoms with van der Waals surface area (Å²) in [7, 11) is 0. The Kier molecular flexibility index (Phi) is 4.22. The Morgan fingerprint density at radius 1 is 1.39 bits per heavy atom. The number of aliphatic imine (C=N–C) groups is 1. The molecule has 98 valence electrons. The van der Waals surface area contributed by atoms with Gasteiger partial charge in [0.2, 0.25) is 0 Å². The summed E-state index contributed by atoms with van der Waals surface area (Å²) in [5.74, 6) is -0.585. The zero-order chi connectivity index (χ0) is 13.1. The SMILES string of the molecule is CC(C)CC1CN=C(Nc2c(F)cccc2F)S1. The molecule has 0 fully saturated rings. The fourth-order valence-electron chi connectivity index (χ4n) is 1.86. The summed E-state index contributed by atoms with van der Waals surface area (Å²) >= 11 is 1.56. The number of thioether (sulfide) groups is 1. The van der Waals surface area contributed by atoms with Crippen LogP contribution in [-0.4, -0.2) is 17.0 Å². The van der Waals surface area contributed by atoms with Crippen LogP contribution in [0.4, 0.5) is 14.5 Å². The molecule has 0 aliphatic carbocycles. The Hall–Kier alpha value is -1.10. The molecular weight excluding hydrogens is 254 g/mol. The predicted molar refractivity (Wildman–Crippen MR) is 73.1 cm³/mol. The Labute approximate surface area is 110 Å². The lowest BCUT2D eigenvalue weighted by Crippen LogP contribution is -2.11. The summed E-state index contributed by atoms with van der Waals surface area (Å²) in [6.45, 7) is 5.02. The molecule has 1 atom stereocenters. The van der Waals surface area contributed by atoms with Crippen LogP contribution in [0.3, 0.4) is 0 Å². The molecule has 0 spiro atoms. The molecule has 1 unspecified atom stereocenters. The number of nitrogens with zero attached hydrogens (tertiary/aromatic N) is 1. The van der Waals surface area contributed by atoms with Crippen molar-refractivity contribution in [2.45, 2.75) is 25.5 Å². The third-order valence-electron chi connectivity index (χ3n) is 2.65. The van der Waals surface area contributed by atoms with Gasteiger partial charge in [-0.3, -0.25) is 4.99 Å². The molecule has 1 aromatic rings. The van der Waals surface area contributed by atoms with Gasteiger partial charge in [0.15, 0.2) is 5.17 Å². The van der Waals surface area contributed by atoms with E-state index >= 15 is 0 Å². The highest BCUT2D eigenvalue weighted by Gasteiger charge is 2.22. The van der Waals surface area contributed by atoms with Crippen LogP contribution in [0.2, 0.25) is 0 Å². The van der Waals surface area contributed by atoms with Crippen molar-refractivity contribution < 1.29 is 8.78 Å². The van der Waals surface area contributed by atoms with Crippen LogP contribution in [0, 0.1) is 17.6 Å². The second-order valence-corrected chi connectivity index (χ2v) is 6.03. The highest BCUT2D eigenvalue weighted by atomic mass is 32.2. The average molecular weight is 270 g/mol. The molecule has 1 aliphatic heterocycles. The highest BCUT2D eigenvalue weighted by molar-refractivity contribution is 8.15. The summed E-state index contributed by atoms with van der Waals surface area (Å²) in [5, 5.41) is 3.75. The van der Waals surface area contributed by atoms with Crippen molar-refractivity contribution in [3.05, 3.63) is 29.8 Å². The van der Waals surface area contributed by atoms with Gasteiger partial charge >= 0.3 is 0 Å². The first-order valence-electron chi connectivity index (χ1n) is 5.98. The second kappa shape index (κ2) is 5.69. The summed E-state index contributed by atoms with van der Waals surface area (Å²) in [6, 6.07) is 3.81. The maximum absolute atomic E-state index is 13.4. The Bertz CT molecular complexity index is 440. The van der Waals surface area contributed by atoms with E-state index in [1.807, 2.05) is 0 Å².